The number of rotatable bonds is 6. The lowest BCUT2D eigenvalue weighted by Gasteiger charge is -2.31. The molecule has 10 nitrogen and oxygen atoms in total. The zero-order valence-corrected chi connectivity index (χ0v) is 16.4. The molecule has 0 radical (unpaired) electrons. The smallest absolute Gasteiger partial charge is 0.350 e. The number of hydrogen-bond acceptors (Lipinski definition) is 8. The maximum Gasteiger partial charge on any atom is 0.354 e. The summed E-state index contributed by atoms with van der Waals surface area (Å²) in [5.74, 6) is 0.368. The van der Waals surface area contributed by atoms with Crippen molar-refractivity contribution >= 4 is 27.3 Å². The number of nitro groups is 1. The number of nitrogens with one attached hydrogen (secondary N) is 2. The van der Waals surface area contributed by atoms with E-state index in [1.807, 2.05) is 11.8 Å². The van der Waals surface area contributed by atoms with E-state index in [9.17, 15) is 18.5 Å². The van der Waals surface area contributed by atoms with Gasteiger partial charge in [-0.25, -0.2) is 18.4 Å². The van der Waals surface area contributed by atoms with Crippen LogP contribution < -0.4 is 15.2 Å². The van der Waals surface area contributed by atoms with Gasteiger partial charge >= 0.3 is 5.69 Å². The van der Waals surface area contributed by atoms with Crippen LogP contribution in [0.15, 0.2) is 35.5 Å². The number of hydrazine groups is 1. The molecule has 150 valence electrons. The zero-order chi connectivity index (χ0) is 20.3. The minimum Gasteiger partial charge on any atom is -0.350 e. The molecule has 0 saturated carbocycles. The Morgan fingerprint density at radius 3 is 2.61 bits per heavy atom. The molecular weight excluding hydrogens is 384 g/mol. The molecule has 0 amide bonds. The molecule has 11 heteroatoms. The topological polar surface area (TPSA) is 130 Å². The van der Waals surface area contributed by atoms with Gasteiger partial charge in [-0.05, 0) is 37.8 Å². The highest BCUT2D eigenvalue weighted by molar-refractivity contribution is 7.89. The molecule has 0 bridgehead atoms. The van der Waals surface area contributed by atoms with Crippen molar-refractivity contribution in [2.45, 2.75) is 31.6 Å². The summed E-state index contributed by atoms with van der Waals surface area (Å²) in [6.45, 7) is 5.21. The number of benzene rings is 1. The predicted molar refractivity (Wildman–Crippen MR) is 104 cm³/mol. The highest BCUT2D eigenvalue weighted by Gasteiger charge is 2.30. The van der Waals surface area contributed by atoms with Gasteiger partial charge in [-0.15, -0.1) is 4.83 Å². The van der Waals surface area contributed by atoms with Crippen molar-refractivity contribution in [3.05, 3.63) is 46.3 Å². The van der Waals surface area contributed by atoms with Gasteiger partial charge in [0.25, 0.3) is 10.0 Å². The fourth-order valence-corrected chi connectivity index (χ4v) is 3.98. The van der Waals surface area contributed by atoms with Gasteiger partial charge < -0.3 is 4.90 Å². The van der Waals surface area contributed by atoms with E-state index in [0.717, 1.165) is 18.4 Å². The van der Waals surface area contributed by atoms with Gasteiger partial charge in [0.1, 0.15) is 6.33 Å². The highest BCUT2D eigenvalue weighted by atomic mass is 32.2. The van der Waals surface area contributed by atoms with Gasteiger partial charge in [0.05, 0.1) is 9.82 Å². The molecule has 1 aliphatic heterocycles. The normalized spacial score (nSPS) is 17.4. The van der Waals surface area contributed by atoms with E-state index in [2.05, 4.69) is 27.1 Å². The Kier molecular flexibility index (Phi) is 5.75. The predicted octanol–water partition coefficient (Wildman–Crippen LogP) is 2.23. The summed E-state index contributed by atoms with van der Waals surface area (Å²) in [6.07, 6.45) is 3.14. The monoisotopic (exact) mass is 406 g/mol. The molecule has 1 aliphatic rings. The fraction of sp³-hybridized carbons (Fsp3) is 0.412. The molecule has 1 aromatic heterocycles. The lowest BCUT2D eigenvalue weighted by atomic mass is 10.0. The average Bonchev–Trinajstić information content (AvgIpc) is 2.66. The third-order valence-electron chi connectivity index (χ3n) is 4.58. The van der Waals surface area contributed by atoms with Gasteiger partial charge in [0, 0.05) is 13.1 Å². The Balaban J connectivity index is 1.86. The van der Waals surface area contributed by atoms with Crippen LogP contribution in [0, 0.1) is 23.0 Å². The van der Waals surface area contributed by atoms with Crippen LogP contribution in [0.3, 0.4) is 0 Å². The molecule has 3 rings (SSSR count). The SMILES string of the molecule is Cc1ccc(S(=O)(=O)NNc2ncnc(N3CCCC(C)C3)c2[N+](=O)[O-])cc1. The minimum absolute atomic E-state index is 0.0346. The molecule has 2 N–H and O–H groups in total. The Morgan fingerprint density at radius 1 is 1.25 bits per heavy atom. The van der Waals surface area contributed by atoms with Crippen LogP contribution in [0.4, 0.5) is 17.3 Å². The van der Waals surface area contributed by atoms with Crippen LogP contribution in [-0.2, 0) is 10.0 Å². The van der Waals surface area contributed by atoms with Crippen molar-refractivity contribution < 1.29 is 13.3 Å². The minimum atomic E-state index is -3.92. The van der Waals surface area contributed by atoms with Crippen molar-refractivity contribution in [1.82, 2.24) is 14.8 Å². The van der Waals surface area contributed by atoms with Gasteiger partial charge in [-0.1, -0.05) is 24.6 Å². The van der Waals surface area contributed by atoms with Crippen molar-refractivity contribution in [2.24, 2.45) is 5.92 Å². The highest BCUT2D eigenvalue weighted by Crippen LogP contribution is 2.33. The second-order valence-corrected chi connectivity index (χ2v) is 8.57. The lowest BCUT2D eigenvalue weighted by Crippen LogP contribution is -2.36. The molecular formula is C17H22N6O4S. The first-order chi connectivity index (χ1) is 13.3. The maximum atomic E-state index is 12.4. The first-order valence-corrected chi connectivity index (χ1v) is 10.3. The number of aromatic nitrogens is 2. The van der Waals surface area contributed by atoms with Gasteiger partial charge in [0.2, 0.25) is 11.6 Å². The molecule has 1 atom stereocenters. The third kappa shape index (κ3) is 4.37. The van der Waals surface area contributed by atoms with Crippen LogP contribution in [-0.4, -0.2) is 36.4 Å². The Labute approximate surface area is 163 Å². The van der Waals surface area contributed by atoms with Crippen LogP contribution >= 0.6 is 0 Å². The van der Waals surface area contributed by atoms with Crippen molar-refractivity contribution in [3.8, 4) is 0 Å². The summed E-state index contributed by atoms with van der Waals surface area (Å²) in [5, 5.41) is 11.7. The Bertz CT molecular complexity index is 964. The van der Waals surface area contributed by atoms with E-state index in [1.165, 1.54) is 18.5 Å². The van der Waals surface area contributed by atoms with Crippen molar-refractivity contribution in [2.75, 3.05) is 23.4 Å². The van der Waals surface area contributed by atoms with Crippen molar-refractivity contribution in [1.29, 1.82) is 0 Å². The van der Waals surface area contributed by atoms with Gasteiger partial charge in [-0.3, -0.25) is 15.5 Å². The molecule has 1 aromatic carbocycles. The Hall–Kier alpha value is -2.79. The van der Waals surface area contributed by atoms with Crippen molar-refractivity contribution in [3.63, 3.8) is 0 Å². The van der Waals surface area contributed by atoms with E-state index < -0.39 is 14.9 Å². The number of piperidine rings is 1. The van der Waals surface area contributed by atoms with E-state index in [4.69, 9.17) is 0 Å². The summed E-state index contributed by atoms with van der Waals surface area (Å²) in [4.78, 5) is 23.1. The van der Waals surface area contributed by atoms with Crippen LogP contribution in [0.25, 0.3) is 0 Å². The third-order valence-corrected chi connectivity index (χ3v) is 5.84. The summed E-state index contributed by atoms with van der Waals surface area (Å²) < 4.78 is 24.9. The molecule has 1 saturated heterocycles. The summed E-state index contributed by atoms with van der Waals surface area (Å²) in [6, 6.07) is 6.23. The summed E-state index contributed by atoms with van der Waals surface area (Å²) in [7, 11) is -3.92. The van der Waals surface area contributed by atoms with E-state index >= 15 is 0 Å². The molecule has 2 heterocycles. The Morgan fingerprint density at radius 2 is 1.96 bits per heavy atom. The maximum absolute atomic E-state index is 12.4. The fourth-order valence-electron chi connectivity index (χ4n) is 3.13. The quantitative estimate of drug-likeness (QED) is 0.552. The molecule has 0 aliphatic carbocycles. The van der Waals surface area contributed by atoms with Crippen LogP contribution in [0.1, 0.15) is 25.3 Å². The summed E-state index contributed by atoms with van der Waals surface area (Å²) in [5.41, 5.74) is 2.94. The number of nitrogens with zero attached hydrogens (tertiary/aromatic N) is 4. The first-order valence-electron chi connectivity index (χ1n) is 8.87. The first kappa shape index (κ1) is 20.0. The van der Waals surface area contributed by atoms with Crippen LogP contribution in [0.5, 0.6) is 0 Å². The van der Waals surface area contributed by atoms with Gasteiger partial charge in [-0.2, -0.15) is 0 Å². The standard InChI is InChI=1S/C17H22N6O4S/c1-12-5-7-14(8-6-12)28(26,27)21-20-16-15(23(24)25)17(19-11-18-16)22-9-3-4-13(2)10-22/h5-8,11,13,21H,3-4,9-10H2,1-2H3,(H,18,19,20). The largest absolute Gasteiger partial charge is 0.354 e. The van der Waals surface area contributed by atoms with Gasteiger partial charge in [0.15, 0.2) is 0 Å². The number of aryl methyl sites for hydroxylation is 1. The van der Waals surface area contributed by atoms with E-state index in [1.54, 1.807) is 12.1 Å². The molecule has 2 aromatic rings. The van der Waals surface area contributed by atoms with Crippen LogP contribution in [0.2, 0.25) is 0 Å². The van der Waals surface area contributed by atoms with E-state index in [-0.39, 0.29) is 22.2 Å². The molecule has 0 spiro atoms. The average molecular weight is 406 g/mol. The summed E-state index contributed by atoms with van der Waals surface area (Å²) >= 11 is 0. The zero-order valence-electron chi connectivity index (χ0n) is 15.6. The molecule has 28 heavy (non-hydrogen) atoms. The number of sulfonamides is 1. The molecule has 1 fully saturated rings. The number of hydrogen-bond donors (Lipinski definition) is 2. The number of anilines is 2. The van der Waals surface area contributed by atoms with E-state index in [0.29, 0.717) is 19.0 Å². The second-order valence-electron chi connectivity index (χ2n) is 6.89. The second kappa shape index (κ2) is 8.07. The lowest BCUT2D eigenvalue weighted by molar-refractivity contribution is -0.383. The molecule has 1 unspecified atom stereocenters.